The van der Waals surface area contributed by atoms with Crippen LogP contribution in [-0.2, 0) is 16.0 Å². The van der Waals surface area contributed by atoms with Crippen molar-refractivity contribution in [1.82, 2.24) is 4.90 Å². The predicted octanol–water partition coefficient (Wildman–Crippen LogP) is -0.386. The first-order chi connectivity index (χ1) is 12.8. The van der Waals surface area contributed by atoms with E-state index in [1.54, 1.807) is 6.07 Å². The summed E-state index contributed by atoms with van der Waals surface area (Å²) < 4.78 is 11.0. The molecule has 1 aromatic rings. The average molecular weight is 415 g/mol. The van der Waals surface area contributed by atoms with Crippen LogP contribution in [-0.4, -0.2) is 70.3 Å². The normalized spacial score (nSPS) is 16.8. The lowest BCUT2D eigenvalue weighted by Crippen LogP contribution is -2.57. The molecular weight excluding hydrogens is 394 g/mol. The summed E-state index contributed by atoms with van der Waals surface area (Å²) in [5.41, 5.74) is 5.86. The van der Waals surface area contributed by atoms with E-state index in [1.807, 2.05) is 0 Å². The maximum absolute atomic E-state index is 11.9. The number of amides is 1. The second-order valence-corrected chi connectivity index (χ2v) is 6.53. The van der Waals surface area contributed by atoms with Crippen LogP contribution in [0.4, 0.5) is 0 Å². The quantitative estimate of drug-likeness (QED) is 0.455. The van der Waals surface area contributed by atoms with Crippen LogP contribution in [0.5, 0.6) is 11.5 Å². The number of carboxylic acid groups (broad SMARTS) is 2. The molecule has 1 saturated heterocycles. The van der Waals surface area contributed by atoms with Gasteiger partial charge in [-0.2, -0.15) is 0 Å². The number of hydrogen-bond acceptors (Lipinski definition) is 7. The van der Waals surface area contributed by atoms with Gasteiger partial charge in [0, 0.05) is 0 Å². The monoisotopic (exact) mass is 414 g/mol. The van der Waals surface area contributed by atoms with Crippen LogP contribution in [0.25, 0.3) is 0 Å². The number of aromatic carboxylic acids is 1. The van der Waals surface area contributed by atoms with Gasteiger partial charge in [0.2, 0.25) is 5.91 Å². The molecule has 0 saturated carbocycles. The van der Waals surface area contributed by atoms with E-state index in [-0.39, 0.29) is 49.0 Å². The predicted molar refractivity (Wildman–Crippen MR) is 99.0 cm³/mol. The van der Waals surface area contributed by atoms with E-state index in [0.717, 1.165) is 0 Å². The zero-order valence-electron chi connectivity index (χ0n) is 14.7. The molecule has 1 aromatic carbocycles. The number of aliphatic carboxylic acids is 1. The van der Waals surface area contributed by atoms with Crippen LogP contribution in [0, 0.1) is 0 Å². The Bertz CT molecular complexity index is 786. The van der Waals surface area contributed by atoms with Gasteiger partial charge in [-0.25, -0.2) is 4.79 Å². The van der Waals surface area contributed by atoms with Gasteiger partial charge in [0.1, 0.15) is 29.2 Å². The van der Waals surface area contributed by atoms with Crippen molar-refractivity contribution in [3.05, 3.63) is 23.3 Å². The molecule has 5 N–H and O–H groups in total. The van der Waals surface area contributed by atoms with Crippen molar-refractivity contribution < 1.29 is 39.0 Å². The molecule has 152 valence electrons. The van der Waals surface area contributed by atoms with Gasteiger partial charge in [-0.15, -0.1) is 12.4 Å². The minimum atomic E-state index is -1.26. The van der Waals surface area contributed by atoms with Crippen LogP contribution < -0.4 is 15.1 Å². The number of hydrogen-bond donors (Lipinski definition) is 4. The first-order valence-corrected chi connectivity index (χ1v) is 8.43. The molecule has 2 aliphatic heterocycles. The molecule has 1 unspecified atom stereocenters. The number of aryl methyl sites for hydroxylation is 1. The largest absolute Gasteiger partial charge is 0.535 e. The fraction of sp³-hybridized carbons (Fsp3) is 0.438. The Kier molecular flexibility index (Phi) is 6.75. The highest BCUT2D eigenvalue weighted by atomic mass is 35.5. The molecule has 28 heavy (non-hydrogen) atoms. The number of likely N-dealkylation sites (tertiary alicyclic amines) is 1. The van der Waals surface area contributed by atoms with Crippen LogP contribution >= 0.6 is 12.4 Å². The number of benzene rings is 1. The number of carbonyl (C=O) groups excluding carboxylic acids is 1. The third-order valence-corrected chi connectivity index (χ3v) is 4.54. The Morgan fingerprint density at radius 2 is 2.00 bits per heavy atom. The summed E-state index contributed by atoms with van der Waals surface area (Å²) in [6.45, 7) is 0.398. The number of carbonyl (C=O) groups is 3. The van der Waals surface area contributed by atoms with Crippen LogP contribution in [0.3, 0.4) is 0 Å². The van der Waals surface area contributed by atoms with Gasteiger partial charge in [0.15, 0.2) is 0 Å². The molecule has 0 aromatic heterocycles. The minimum absolute atomic E-state index is 0. The lowest BCUT2D eigenvalue weighted by Gasteiger charge is -2.39. The standard InChI is InChI=1S/C16H19BN2O8.ClH/c18-10(15(21)22)5-12(20)19-6-9(7-19)26-11-2-1-8-3-4-17(25)27-14(8)13(11)16(23)24;/h1-2,9-10,25H,3-7,18H2,(H,21,22)(H,23,24);1H. The molecule has 1 atom stereocenters. The van der Waals surface area contributed by atoms with E-state index in [4.69, 9.17) is 20.2 Å². The number of fused-ring (bicyclic) bond motifs is 1. The van der Waals surface area contributed by atoms with Crippen molar-refractivity contribution in [2.24, 2.45) is 5.73 Å². The third-order valence-electron chi connectivity index (χ3n) is 4.54. The summed E-state index contributed by atoms with van der Waals surface area (Å²) in [6, 6.07) is 1.96. The SMILES string of the molecule is Cl.NC(CC(=O)N1CC(Oc2ccc3c(c2C(=O)O)OB(O)CC3)C1)C(=O)O. The average Bonchev–Trinajstić information content (AvgIpc) is 2.56. The number of carboxylic acids is 2. The van der Waals surface area contributed by atoms with Gasteiger partial charge in [-0.1, -0.05) is 6.07 Å². The van der Waals surface area contributed by atoms with E-state index in [9.17, 15) is 24.5 Å². The maximum Gasteiger partial charge on any atom is 0.522 e. The highest BCUT2D eigenvalue weighted by molar-refractivity contribution is 6.44. The molecule has 0 spiro atoms. The highest BCUT2D eigenvalue weighted by Crippen LogP contribution is 2.37. The Labute approximate surface area is 166 Å². The fourth-order valence-electron chi connectivity index (χ4n) is 3.01. The number of ether oxygens (including phenoxy) is 1. The molecule has 12 heteroatoms. The molecule has 1 amide bonds. The third kappa shape index (κ3) is 4.49. The van der Waals surface area contributed by atoms with Crippen molar-refractivity contribution in [2.75, 3.05) is 13.1 Å². The van der Waals surface area contributed by atoms with Crippen molar-refractivity contribution >= 4 is 37.4 Å². The van der Waals surface area contributed by atoms with Gasteiger partial charge >= 0.3 is 19.1 Å². The molecule has 10 nitrogen and oxygen atoms in total. The van der Waals surface area contributed by atoms with E-state index < -0.39 is 37.1 Å². The molecule has 0 bridgehead atoms. The molecule has 2 aliphatic rings. The summed E-state index contributed by atoms with van der Waals surface area (Å²) in [7, 11) is -1.07. The molecule has 1 fully saturated rings. The van der Waals surface area contributed by atoms with Crippen molar-refractivity contribution in [1.29, 1.82) is 0 Å². The summed E-state index contributed by atoms with van der Waals surface area (Å²) in [4.78, 5) is 35.7. The number of halogens is 1. The second-order valence-electron chi connectivity index (χ2n) is 6.53. The minimum Gasteiger partial charge on any atom is -0.535 e. The lowest BCUT2D eigenvalue weighted by molar-refractivity contribution is -0.146. The van der Waals surface area contributed by atoms with Crippen molar-refractivity contribution in [2.45, 2.75) is 31.3 Å². The Balaban J connectivity index is 0.00000280. The Morgan fingerprint density at radius 3 is 2.61 bits per heavy atom. The van der Waals surface area contributed by atoms with E-state index in [2.05, 4.69) is 0 Å². The van der Waals surface area contributed by atoms with Gasteiger partial charge in [0.25, 0.3) is 0 Å². The summed E-state index contributed by atoms with van der Waals surface area (Å²) in [5.74, 6) is -2.71. The van der Waals surface area contributed by atoms with E-state index >= 15 is 0 Å². The lowest BCUT2D eigenvalue weighted by atomic mass is 9.78. The van der Waals surface area contributed by atoms with Gasteiger partial charge in [-0.3, -0.25) is 9.59 Å². The zero-order chi connectivity index (χ0) is 19.7. The second kappa shape index (κ2) is 8.67. The van der Waals surface area contributed by atoms with Gasteiger partial charge in [0.05, 0.1) is 19.5 Å². The molecule has 0 aliphatic carbocycles. The van der Waals surface area contributed by atoms with Crippen LogP contribution in [0.15, 0.2) is 12.1 Å². The summed E-state index contributed by atoms with van der Waals surface area (Å²) >= 11 is 0. The zero-order valence-corrected chi connectivity index (χ0v) is 15.6. The van der Waals surface area contributed by atoms with Crippen LogP contribution in [0.1, 0.15) is 22.3 Å². The Hall–Kier alpha value is -2.50. The van der Waals surface area contributed by atoms with Crippen molar-refractivity contribution in [3.8, 4) is 11.5 Å². The number of nitrogens with zero attached hydrogens (tertiary/aromatic N) is 1. The fourth-order valence-corrected chi connectivity index (χ4v) is 3.01. The van der Waals surface area contributed by atoms with Crippen molar-refractivity contribution in [3.63, 3.8) is 0 Å². The van der Waals surface area contributed by atoms with E-state index in [1.165, 1.54) is 11.0 Å². The molecule has 2 heterocycles. The summed E-state index contributed by atoms with van der Waals surface area (Å²) in [5, 5.41) is 27.9. The first-order valence-electron chi connectivity index (χ1n) is 8.43. The van der Waals surface area contributed by atoms with Gasteiger partial charge < -0.3 is 35.3 Å². The van der Waals surface area contributed by atoms with Crippen LogP contribution in [0.2, 0.25) is 6.32 Å². The highest BCUT2D eigenvalue weighted by Gasteiger charge is 2.36. The Morgan fingerprint density at radius 1 is 1.32 bits per heavy atom. The number of nitrogens with two attached hydrogens (primary N) is 1. The molecule has 0 radical (unpaired) electrons. The topological polar surface area (TPSA) is 160 Å². The van der Waals surface area contributed by atoms with Gasteiger partial charge in [-0.05, 0) is 24.4 Å². The van der Waals surface area contributed by atoms with E-state index in [0.29, 0.717) is 18.3 Å². The number of rotatable bonds is 6. The maximum atomic E-state index is 11.9. The molecular formula is C16H20BClN2O8. The first kappa shape index (κ1) is 21.8. The smallest absolute Gasteiger partial charge is 0.522 e. The summed E-state index contributed by atoms with van der Waals surface area (Å²) in [6.07, 6.45) is 0.129. The molecule has 3 rings (SSSR count).